The number of anilines is 1. The molecule has 0 aliphatic carbocycles. The van der Waals surface area contributed by atoms with Crippen molar-refractivity contribution in [1.82, 2.24) is 9.78 Å². The van der Waals surface area contributed by atoms with Crippen molar-refractivity contribution < 1.29 is 113 Å². The number of ether oxygens (including phenoxy) is 1. The third kappa shape index (κ3) is 12.8. The highest BCUT2D eigenvalue weighted by atomic mass is 32.2. The number of aromatic hydroxyl groups is 3. The average molecular weight is 1340 g/mol. The van der Waals surface area contributed by atoms with Gasteiger partial charge in [-0.2, -0.15) is 60.3 Å². The van der Waals surface area contributed by atoms with Crippen LogP contribution in [0.2, 0.25) is 0 Å². The number of carbonyl (C=O) groups is 1. The van der Waals surface area contributed by atoms with E-state index in [1.807, 2.05) is 0 Å². The van der Waals surface area contributed by atoms with Gasteiger partial charge in [-0.3, -0.25) is 52.3 Å². The van der Waals surface area contributed by atoms with E-state index in [0.717, 1.165) is 54.6 Å². The maximum absolute atomic E-state index is 13.1. The van der Waals surface area contributed by atoms with Crippen molar-refractivity contribution in [2.45, 2.75) is 29.4 Å². The highest BCUT2D eigenvalue weighted by Gasteiger charge is 2.32. The number of non-ortho nitro benzene ring substituents is 1. The SMILES string of the molecule is Nc1c(N=Nc2ccc3c(O)c(N=Nc4cc([N+](=O)[O-])c(N=Nc5c(OC=O)nn(-c6ccc(S(=O)(=O)O)cc6)c5O)c(S(=O)(=O)O)c4)c(S(=O)(=O)O)cc3c2S(=O)(=O)O)cc(S(=O)(=O)O)c2ccc(N=Nc3ccc([N+](=O)[O-])cc3S(=O)(=O)O)c(O)c12. The number of phenolic OH excluding ortho intramolecular Hbond substituents is 2. The Bertz CT molecular complexity index is 5260. The van der Waals surface area contributed by atoms with Crippen molar-refractivity contribution in [1.29, 1.82) is 0 Å². The summed E-state index contributed by atoms with van der Waals surface area (Å²) in [7, 11) is -32.6. The van der Waals surface area contributed by atoms with Gasteiger partial charge in [-0.25, -0.2) is 0 Å². The topological polar surface area (TPSA) is 642 Å². The first-order valence-electron chi connectivity index (χ1n) is 22.3. The second-order valence-electron chi connectivity index (χ2n) is 17.0. The van der Waals surface area contributed by atoms with Gasteiger partial charge >= 0.3 is 0 Å². The number of aromatic nitrogens is 2. The Balaban J connectivity index is 1.23. The van der Waals surface area contributed by atoms with Crippen molar-refractivity contribution in [3.8, 4) is 28.9 Å². The number of nitrogens with two attached hydrogens (primary N) is 1. The van der Waals surface area contributed by atoms with Crippen LogP contribution < -0.4 is 10.5 Å². The highest BCUT2D eigenvalue weighted by molar-refractivity contribution is 7.87. The van der Waals surface area contributed by atoms with Crippen LogP contribution in [0, 0.1) is 20.2 Å². The quantitative estimate of drug-likeness (QED) is 0.00942. The van der Waals surface area contributed by atoms with Crippen molar-refractivity contribution >= 4 is 151 Å². The number of nitro benzene ring substituents is 2. The Hall–Kier alpha value is -10.4. The minimum absolute atomic E-state index is 0.215. The van der Waals surface area contributed by atoms with E-state index in [2.05, 4.69) is 50.7 Å². The lowest BCUT2D eigenvalue weighted by molar-refractivity contribution is -0.385. The number of hydrogen-bond acceptors (Lipinski definition) is 31. The minimum atomic E-state index is -5.80. The lowest BCUT2D eigenvalue weighted by Gasteiger charge is -2.13. The molecule has 7 aromatic carbocycles. The second kappa shape index (κ2) is 22.8. The van der Waals surface area contributed by atoms with Crippen molar-refractivity contribution in [2.24, 2.45) is 40.9 Å². The average Bonchev–Trinajstić information content (AvgIpc) is 0.948. The Morgan fingerprint density at radius 2 is 1.03 bits per heavy atom. The molecular formula is C42H27N13O27S6. The molecule has 8 rings (SSSR count). The highest BCUT2D eigenvalue weighted by Crippen LogP contribution is 2.49. The van der Waals surface area contributed by atoms with Crippen LogP contribution in [0.25, 0.3) is 27.2 Å². The van der Waals surface area contributed by atoms with Crippen LogP contribution in [0.5, 0.6) is 23.3 Å². The number of hydrogen-bond donors (Lipinski definition) is 10. The summed E-state index contributed by atoms with van der Waals surface area (Å²) in [6.07, 6.45) is 0. The van der Waals surface area contributed by atoms with E-state index >= 15 is 0 Å². The zero-order chi connectivity index (χ0) is 65.1. The van der Waals surface area contributed by atoms with Crippen LogP contribution in [-0.4, -0.2) is 119 Å². The smallest absolute Gasteiger partial charge is 0.300 e. The number of nitro groups is 2. The Morgan fingerprint density at radius 1 is 0.500 bits per heavy atom. The fraction of sp³-hybridized carbons (Fsp3) is 0. The summed E-state index contributed by atoms with van der Waals surface area (Å²) in [4.78, 5) is 25.1. The Labute approximate surface area is 487 Å². The molecule has 0 spiro atoms. The monoisotopic (exact) mass is 1340 g/mol. The number of benzene rings is 7. The first kappa shape index (κ1) is 63.6. The van der Waals surface area contributed by atoms with E-state index in [1.54, 1.807) is 0 Å². The van der Waals surface area contributed by atoms with E-state index < -0.39 is 207 Å². The van der Waals surface area contributed by atoms with Crippen LogP contribution in [0.1, 0.15) is 0 Å². The van der Waals surface area contributed by atoms with Crippen LogP contribution >= 0.6 is 0 Å². The molecule has 11 N–H and O–H groups in total. The molecule has 1 aromatic heterocycles. The fourth-order valence-electron chi connectivity index (χ4n) is 7.80. The molecule has 0 radical (unpaired) electrons. The van der Waals surface area contributed by atoms with Gasteiger partial charge < -0.3 is 25.8 Å². The van der Waals surface area contributed by atoms with E-state index in [1.165, 1.54) is 0 Å². The van der Waals surface area contributed by atoms with Gasteiger partial charge in [0.1, 0.15) is 52.9 Å². The number of nitrogens with zero attached hydrogens (tertiary/aromatic N) is 12. The van der Waals surface area contributed by atoms with Gasteiger partial charge in [0.25, 0.3) is 84.4 Å². The fourth-order valence-corrected chi connectivity index (χ4v) is 11.8. The van der Waals surface area contributed by atoms with Crippen molar-refractivity contribution in [3.63, 3.8) is 0 Å². The summed E-state index contributed by atoms with van der Waals surface area (Å²) >= 11 is 0. The maximum atomic E-state index is 13.1. The molecule has 0 aliphatic rings. The molecule has 0 aliphatic heterocycles. The molecule has 0 saturated carbocycles. The molecule has 88 heavy (non-hydrogen) atoms. The molecule has 0 bridgehead atoms. The number of carbonyl (C=O) groups excluding carboxylic acids is 1. The summed E-state index contributed by atoms with van der Waals surface area (Å²) < 4.78 is 215. The Kier molecular flexibility index (Phi) is 16.5. The lowest BCUT2D eigenvalue weighted by atomic mass is 10.1. The van der Waals surface area contributed by atoms with E-state index in [4.69, 9.17) is 5.73 Å². The summed E-state index contributed by atoms with van der Waals surface area (Å²) in [5, 5.41) is 86.3. The summed E-state index contributed by atoms with van der Waals surface area (Å²) in [6, 6.07) is 10.0. The zero-order valence-electron chi connectivity index (χ0n) is 42.0. The van der Waals surface area contributed by atoms with E-state index in [9.17, 15) is 118 Å². The number of azo groups is 4. The van der Waals surface area contributed by atoms with Crippen molar-refractivity contribution in [3.05, 3.63) is 111 Å². The molecule has 0 amide bonds. The van der Waals surface area contributed by atoms with Gasteiger partial charge in [-0.05, 0) is 66.7 Å². The summed E-state index contributed by atoms with van der Waals surface area (Å²) in [5.41, 5.74) is -5.02. The van der Waals surface area contributed by atoms with E-state index in [-0.39, 0.29) is 24.3 Å². The molecule has 0 atom stereocenters. The summed E-state index contributed by atoms with van der Waals surface area (Å²) in [5.74, 6) is -4.60. The molecule has 1 heterocycles. The van der Waals surface area contributed by atoms with Crippen LogP contribution in [-0.2, 0) is 65.5 Å². The molecule has 8 aromatic rings. The maximum Gasteiger partial charge on any atom is 0.300 e. The first-order valence-corrected chi connectivity index (χ1v) is 30.9. The number of rotatable bonds is 19. The molecule has 0 fully saturated rings. The van der Waals surface area contributed by atoms with Crippen LogP contribution in [0.15, 0.2) is 161 Å². The van der Waals surface area contributed by atoms with Crippen LogP contribution in [0.3, 0.4) is 0 Å². The zero-order valence-corrected chi connectivity index (χ0v) is 46.9. The van der Waals surface area contributed by atoms with Crippen LogP contribution in [0.4, 0.5) is 62.6 Å². The lowest BCUT2D eigenvalue weighted by Crippen LogP contribution is -2.03. The normalized spacial score (nSPS) is 13.0. The van der Waals surface area contributed by atoms with Gasteiger partial charge in [0.2, 0.25) is 11.6 Å². The number of fused-ring (bicyclic) bond motifs is 2. The second-order valence-corrected chi connectivity index (χ2v) is 25.3. The number of phenols is 2. The molecule has 0 saturated heterocycles. The molecule has 46 heteroatoms. The van der Waals surface area contributed by atoms with Gasteiger partial charge in [-0.15, -0.1) is 40.9 Å². The minimum Gasteiger partial charge on any atom is -0.505 e. The van der Waals surface area contributed by atoms with Gasteiger partial charge in [0, 0.05) is 34.4 Å². The molecule has 0 unspecified atom stereocenters. The number of nitrogen functional groups attached to an aromatic ring is 1. The molecule has 458 valence electrons. The first-order chi connectivity index (χ1) is 40.7. The predicted molar refractivity (Wildman–Crippen MR) is 289 cm³/mol. The third-order valence-electron chi connectivity index (χ3n) is 11.5. The van der Waals surface area contributed by atoms with Gasteiger partial charge in [0.15, 0.2) is 17.2 Å². The van der Waals surface area contributed by atoms with Crippen molar-refractivity contribution in [2.75, 3.05) is 5.73 Å². The predicted octanol–water partition coefficient (Wildman–Crippen LogP) is 7.37. The van der Waals surface area contributed by atoms with Gasteiger partial charge in [-0.1, -0.05) is 6.07 Å². The molecular weight excluding hydrogens is 1310 g/mol. The van der Waals surface area contributed by atoms with Gasteiger partial charge in [0.05, 0.1) is 37.2 Å². The summed E-state index contributed by atoms with van der Waals surface area (Å²) in [6.45, 7) is -0.257. The molecule has 40 nitrogen and oxygen atoms in total. The van der Waals surface area contributed by atoms with E-state index in [0.29, 0.717) is 28.9 Å². The third-order valence-corrected chi connectivity index (χ3v) is 16.9. The Morgan fingerprint density at radius 3 is 1.60 bits per heavy atom. The standard InChI is InChI=1S/C42H27N13O27S6/c43-34-27(15-29(84(67,68)69)22-7-9-25(39(58)33(22)34)46-45-24-8-3-19(54(60)61)13-30(24)85(70,71)72)48-47-26-10-6-21-23(40(26)88(79,80)81)14-32(87(76,77)78)36(38(21)57)50-44-17-11-28(55(62)63)35(31(12-17)86(73,74)75)49-51-37-41(82-16-56)52-53(42(37)59)18-1-4-20(5-2-18)83(64,65)66/h1-16,57-59H,43H2,(H,64,65,66)(H,67,68,69)(H,70,71,72)(H,73,74,75)(H,76,77,78)(H,79,80,81). The largest absolute Gasteiger partial charge is 0.505 e.